The molecule has 0 radical (unpaired) electrons. The second-order valence-corrected chi connectivity index (χ2v) is 6.33. The SMILES string of the molecule is Cc1nnc(CN2CCC(C(O)c3ccc(F)cc3)CC2)n1C. The number of aryl methyl sites for hydroxylation is 1. The molecule has 3 rings (SSSR count). The molecular formula is C17H23FN4O. The summed E-state index contributed by atoms with van der Waals surface area (Å²) in [6, 6.07) is 6.16. The van der Waals surface area contributed by atoms with Crippen LogP contribution < -0.4 is 0 Å². The minimum absolute atomic E-state index is 0.220. The lowest BCUT2D eigenvalue weighted by molar-refractivity contribution is 0.0557. The molecule has 0 amide bonds. The Bertz CT molecular complexity index is 647. The third kappa shape index (κ3) is 3.59. The van der Waals surface area contributed by atoms with Crippen molar-refractivity contribution in [2.75, 3.05) is 13.1 Å². The summed E-state index contributed by atoms with van der Waals surface area (Å²) in [5.41, 5.74) is 0.800. The summed E-state index contributed by atoms with van der Waals surface area (Å²) in [6.45, 7) is 4.59. The van der Waals surface area contributed by atoms with E-state index in [9.17, 15) is 9.50 Å². The Hall–Kier alpha value is -1.79. The standard InChI is InChI=1S/C17H23FN4O/c1-12-19-20-16(21(12)2)11-22-9-7-14(8-10-22)17(23)13-3-5-15(18)6-4-13/h3-6,14,17,23H,7-11H2,1-2H3. The zero-order valence-electron chi connectivity index (χ0n) is 13.6. The van der Waals surface area contributed by atoms with E-state index in [1.54, 1.807) is 12.1 Å². The Kier molecular flexibility index (Phi) is 4.73. The number of benzene rings is 1. The molecule has 1 saturated heterocycles. The average Bonchev–Trinajstić information content (AvgIpc) is 2.88. The van der Waals surface area contributed by atoms with Crippen molar-refractivity contribution >= 4 is 0 Å². The summed E-state index contributed by atoms with van der Waals surface area (Å²) < 4.78 is 15.0. The predicted octanol–water partition coefficient (Wildman–Crippen LogP) is 2.21. The first-order chi connectivity index (χ1) is 11.0. The van der Waals surface area contributed by atoms with Gasteiger partial charge in [0.05, 0.1) is 12.6 Å². The van der Waals surface area contributed by atoms with Crippen molar-refractivity contribution in [1.29, 1.82) is 0 Å². The highest BCUT2D eigenvalue weighted by Gasteiger charge is 2.26. The fourth-order valence-electron chi connectivity index (χ4n) is 3.15. The van der Waals surface area contributed by atoms with Crippen LogP contribution in [0.1, 0.15) is 36.2 Å². The summed E-state index contributed by atoms with van der Waals surface area (Å²) >= 11 is 0. The number of nitrogens with zero attached hydrogens (tertiary/aromatic N) is 4. The van der Waals surface area contributed by atoms with Crippen LogP contribution in [0.2, 0.25) is 0 Å². The maximum Gasteiger partial charge on any atom is 0.146 e. The molecule has 1 aromatic heterocycles. The van der Waals surface area contributed by atoms with Gasteiger partial charge in [-0.3, -0.25) is 4.90 Å². The van der Waals surface area contributed by atoms with Crippen LogP contribution in [0.15, 0.2) is 24.3 Å². The van der Waals surface area contributed by atoms with E-state index in [2.05, 4.69) is 15.1 Å². The number of aromatic nitrogens is 3. The number of hydrogen-bond acceptors (Lipinski definition) is 4. The summed E-state index contributed by atoms with van der Waals surface area (Å²) in [5.74, 6) is 1.84. The molecule has 0 bridgehead atoms. The van der Waals surface area contributed by atoms with Gasteiger partial charge in [0.15, 0.2) is 0 Å². The molecule has 5 nitrogen and oxygen atoms in total. The minimum atomic E-state index is -0.519. The third-order valence-electron chi connectivity index (χ3n) is 4.84. The highest BCUT2D eigenvalue weighted by molar-refractivity contribution is 5.19. The van der Waals surface area contributed by atoms with E-state index in [1.807, 2.05) is 18.5 Å². The van der Waals surface area contributed by atoms with Crippen LogP contribution in [-0.2, 0) is 13.6 Å². The zero-order chi connectivity index (χ0) is 16.4. The molecule has 1 aliphatic rings. The fourth-order valence-corrected chi connectivity index (χ4v) is 3.15. The van der Waals surface area contributed by atoms with E-state index >= 15 is 0 Å². The van der Waals surface area contributed by atoms with Crippen LogP contribution in [0.4, 0.5) is 4.39 Å². The quantitative estimate of drug-likeness (QED) is 0.939. The van der Waals surface area contributed by atoms with Crippen molar-refractivity contribution in [3.8, 4) is 0 Å². The second kappa shape index (κ2) is 6.76. The van der Waals surface area contributed by atoms with Gasteiger partial charge in [0, 0.05) is 7.05 Å². The molecule has 124 valence electrons. The summed E-state index contributed by atoms with van der Waals surface area (Å²) in [6.07, 6.45) is 1.33. The molecule has 2 aromatic rings. The van der Waals surface area contributed by atoms with Crippen molar-refractivity contribution in [1.82, 2.24) is 19.7 Å². The lowest BCUT2D eigenvalue weighted by atomic mass is 9.87. The van der Waals surface area contributed by atoms with E-state index in [1.165, 1.54) is 12.1 Å². The summed E-state index contributed by atoms with van der Waals surface area (Å²) in [5, 5.41) is 18.8. The van der Waals surface area contributed by atoms with Crippen molar-refractivity contribution in [2.45, 2.75) is 32.4 Å². The topological polar surface area (TPSA) is 54.2 Å². The van der Waals surface area contributed by atoms with Gasteiger partial charge in [-0.25, -0.2) is 4.39 Å². The van der Waals surface area contributed by atoms with Crippen LogP contribution in [0.25, 0.3) is 0 Å². The van der Waals surface area contributed by atoms with Gasteiger partial charge in [0.2, 0.25) is 0 Å². The van der Waals surface area contributed by atoms with Gasteiger partial charge in [-0.05, 0) is 56.5 Å². The Labute approximate surface area is 135 Å². The van der Waals surface area contributed by atoms with E-state index in [4.69, 9.17) is 0 Å². The highest BCUT2D eigenvalue weighted by Crippen LogP contribution is 2.31. The molecule has 1 atom stereocenters. The Morgan fingerprint density at radius 3 is 2.43 bits per heavy atom. The number of aliphatic hydroxyl groups excluding tert-OH is 1. The highest BCUT2D eigenvalue weighted by atomic mass is 19.1. The van der Waals surface area contributed by atoms with Crippen LogP contribution >= 0.6 is 0 Å². The Balaban J connectivity index is 1.55. The first-order valence-corrected chi connectivity index (χ1v) is 8.05. The molecule has 1 aliphatic heterocycles. The van der Waals surface area contributed by atoms with Crippen molar-refractivity contribution in [3.05, 3.63) is 47.3 Å². The fraction of sp³-hybridized carbons (Fsp3) is 0.529. The minimum Gasteiger partial charge on any atom is -0.388 e. The molecule has 1 unspecified atom stereocenters. The number of likely N-dealkylation sites (tertiary alicyclic amines) is 1. The van der Waals surface area contributed by atoms with Gasteiger partial charge in [0.1, 0.15) is 17.5 Å². The van der Waals surface area contributed by atoms with Gasteiger partial charge < -0.3 is 9.67 Å². The molecule has 6 heteroatoms. The largest absolute Gasteiger partial charge is 0.388 e. The molecule has 0 spiro atoms. The predicted molar refractivity (Wildman–Crippen MR) is 85.1 cm³/mol. The molecule has 2 heterocycles. The van der Waals surface area contributed by atoms with E-state index in [0.717, 1.165) is 49.7 Å². The molecule has 1 N–H and O–H groups in total. The first kappa shape index (κ1) is 16.1. The van der Waals surface area contributed by atoms with Crippen LogP contribution in [0.5, 0.6) is 0 Å². The molecule has 0 saturated carbocycles. The van der Waals surface area contributed by atoms with Crippen LogP contribution in [0, 0.1) is 18.7 Å². The van der Waals surface area contributed by atoms with E-state index < -0.39 is 6.10 Å². The smallest absolute Gasteiger partial charge is 0.146 e. The molecular weight excluding hydrogens is 295 g/mol. The lowest BCUT2D eigenvalue weighted by Gasteiger charge is -2.34. The number of hydrogen-bond donors (Lipinski definition) is 1. The normalized spacial score (nSPS) is 18.3. The van der Waals surface area contributed by atoms with Crippen LogP contribution in [0.3, 0.4) is 0 Å². The lowest BCUT2D eigenvalue weighted by Crippen LogP contribution is -2.35. The van der Waals surface area contributed by atoms with Gasteiger partial charge in [-0.2, -0.15) is 0 Å². The first-order valence-electron chi connectivity index (χ1n) is 8.05. The van der Waals surface area contributed by atoms with E-state index in [0.29, 0.717) is 0 Å². The Morgan fingerprint density at radius 1 is 1.22 bits per heavy atom. The van der Waals surface area contributed by atoms with Crippen molar-refractivity contribution in [2.24, 2.45) is 13.0 Å². The third-order valence-corrected chi connectivity index (χ3v) is 4.84. The van der Waals surface area contributed by atoms with E-state index in [-0.39, 0.29) is 11.7 Å². The number of rotatable bonds is 4. The van der Waals surface area contributed by atoms with Crippen LogP contribution in [-0.4, -0.2) is 37.9 Å². The maximum absolute atomic E-state index is 13.0. The summed E-state index contributed by atoms with van der Waals surface area (Å²) in [4.78, 5) is 2.34. The van der Waals surface area contributed by atoms with Gasteiger partial charge in [0.25, 0.3) is 0 Å². The molecule has 1 fully saturated rings. The summed E-state index contributed by atoms with van der Waals surface area (Å²) in [7, 11) is 1.98. The number of piperidine rings is 1. The van der Waals surface area contributed by atoms with Gasteiger partial charge in [-0.1, -0.05) is 12.1 Å². The molecule has 23 heavy (non-hydrogen) atoms. The molecule has 1 aromatic carbocycles. The average molecular weight is 318 g/mol. The van der Waals surface area contributed by atoms with Gasteiger partial charge in [-0.15, -0.1) is 10.2 Å². The van der Waals surface area contributed by atoms with Gasteiger partial charge >= 0.3 is 0 Å². The Morgan fingerprint density at radius 2 is 1.87 bits per heavy atom. The van der Waals surface area contributed by atoms with Crippen molar-refractivity contribution in [3.63, 3.8) is 0 Å². The number of halogens is 1. The number of aliphatic hydroxyl groups is 1. The monoisotopic (exact) mass is 318 g/mol. The maximum atomic E-state index is 13.0. The molecule has 0 aliphatic carbocycles. The van der Waals surface area contributed by atoms with Crippen molar-refractivity contribution < 1.29 is 9.50 Å². The zero-order valence-corrected chi connectivity index (χ0v) is 13.6. The second-order valence-electron chi connectivity index (χ2n) is 6.33.